The molecule has 0 aromatic rings. The molecule has 1 rings (SSSR count). The number of hydrogen-bond donors (Lipinski definition) is 2. The molecule has 7 heteroatoms. The fraction of sp³-hybridized carbons (Fsp3) is 0.636. The Morgan fingerprint density at radius 1 is 1.22 bits per heavy atom. The van der Waals surface area contributed by atoms with E-state index in [9.17, 15) is 22.8 Å². The van der Waals surface area contributed by atoms with Crippen molar-refractivity contribution in [1.82, 2.24) is 5.32 Å². The molecule has 0 bridgehead atoms. The summed E-state index contributed by atoms with van der Waals surface area (Å²) in [6, 6.07) is -0.545. The molecule has 1 saturated carbocycles. The summed E-state index contributed by atoms with van der Waals surface area (Å²) in [6.07, 6.45) is -1.95. The van der Waals surface area contributed by atoms with Crippen molar-refractivity contribution in [3.05, 3.63) is 12.2 Å². The molecule has 0 unspecified atom stereocenters. The summed E-state index contributed by atoms with van der Waals surface area (Å²) < 4.78 is 37.5. The Bertz CT molecular complexity index is 352. The first-order valence-electron chi connectivity index (χ1n) is 5.57. The van der Waals surface area contributed by atoms with Crippen molar-refractivity contribution < 1.29 is 27.9 Å². The zero-order valence-corrected chi connectivity index (χ0v) is 9.54. The quantitative estimate of drug-likeness (QED) is 0.765. The number of carbonyl (C=O) groups excluding carboxylic acids is 1. The SMILES string of the molecule is O=C(O)/C=C/C(=O)N[C@H]1CCC[C@@H](C(F)(F)F)C1. The van der Waals surface area contributed by atoms with Crippen molar-refractivity contribution in [3.63, 3.8) is 0 Å². The monoisotopic (exact) mass is 265 g/mol. The van der Waals surface area contributed by atoms with Crippen LogP contribution in [0.4, 0.5) is 13.2 Å². The molecule has 2 N–H and O–H groups in total. The van der Waals surface area contributed by atoms with Crippen LogP contribution in [0.3, 0.4) is 0 Å². The van der Waals surface area contributed by atoms with Crippen LogP contribution in [0.5, 0.6) is 0 Å². The molecule has 0 heterocycles. The Kier molecular flexibility index (Phi) is 4.75. The number of rotatable bonds is 3. The van der Waals surface area contributed by atoms with Gasteiger partial charge >= 0.3 is 12.1 Å². The molecule has 2 atom stereocenters. The van der Waals surface area contributed by atoms with Crippen molar-refractivity contribution in [2.45, 2.75) is 37.9 Å². The summed E-state index contributed by atoms with van der Waals surface area (Å²) in [7, 11) is 0. The van der Waals surface area contributed by atoms with Gasteiger partial charge in [-0.25, -0.2) is 4.79 Å². The fourth-order valence-corrected chi connectivity index (χ4v) is 2.01. The van der Waals surface area contributed by atoms with Crippen molar-refractivity contribution in [1.29, 1.82) is 0 Å². The van der Waals surface area contributed by atoms with Crippen LogP contribution in [0.25, 0.3) is 0 Å². The van der Waals surface area contributed by atoms with Gasteiger partial charge in [0.25, 0.3) is 0 Å². The maximum absolute atomic E-state index is 12.5. The van der Waals surface area contributed by atoms with E-state index in [1.54, 1.807) is 0 Å². The lowest BCUT2D eigenvalue weighted by atomic mass is 9.85. The summed E-state index contributed by atoms with van der Waals surface area (Å²) in [6.45, 7) is 0. The standard InChI is InChI=1S/C11H14F3NO3/c12-11(13,14)7-2-1-3-8(6-7)15-9(16)4-5-10(17)18/h4-5,7-8H,1-3,6H2,(H,15,16)(H,17,18)/b5-4+/t7-,8+/m1/s1. The molecule has 1 amide bonds. The highest BCUT2D eigenvalue weighted by atomic mass is 19.4. The van der Waals surface area contributed by atoms with E-state index in [1.807, 2.05) is 0 Å². The molecule has 1 fully saturated rings. The third-order valence-electron chi connectivity index (χ3n) is 2.86. The lowest BCUT2D eigenvalue weighted by Crippen LogP contribution is -2.41. The Hall–Kier alpha value is -1.53. The lowest BCUT2D eigenvalue weighted by Gasteiger charge is -2.30. The van der Waals surface area contributed by atoms with E-state index >= 15 is 0 Å². The predicted molar refractivity (Wildman–Crippen MR) is 56.7 cm³/mol. The van der Waals surface area contributed by atoms with Crippen molar-refractivity contribution in [3.8, 4) is 0 Å². The van der Waals surface area contributed by atoms with Crippen molar-refractivity contribution in [2.75, 3.05) is 0 Å². The minimum absolute atomic E-state index is 0.0842. The first-order chi connectivity index (χ1) is 8.29. The summed E-state index contributed by atoms with van der Waals surface area (Å²) in [4.78, 5) is 21.4. The maximum Gasteiger partial charge on any atom is 0.391 e. The molecule has 102 valence electrons. The summed E-state index contributed by atoms with van der Waals surface area (Å²) >= 11 is 0. The van der Waals surface area contributed by atoms with Crippen LogP contribution in [0.1, 0.15) is 25.7 Å². The molecule has 0 aromatic heterocycles. The molecular weight excluding hydrogens is 251 g/mol. The Balaban J connectivity index is 2.48. The third kappa shape index (κ3) is 4.77. The minimum Gasteiger partial charge on any atom is -0.478 e. The molecule has 18 heavy (non-hydrogen) atoms. The van der Waals surface area contributed by atoms with Crippen LogP contribution in [-0.4, -0.2) is 29.2 Å². The van der Waals surface area contributed by atoms with Crippen LogP contribution in [0, 0.1) is 5.92 Å². The van der Waals surface area contributed by atoms with Gasteiger partial charge in [0.1, 0.15) is 0 Å². The smallest absolute Gasteiger partial charge is 0.391 e. The molecule has 1 aliphatic rings. The van der Waals surface area contributed by atoms with Gasteiger partial charge in [0.15, 0.2) is 0 Å². The molecule has 0 aliphatic heterocycles. The Labute approximate surface area is 102 Å². The van der Waals surface area contributed by atoms with Gasteiger partial charge in [-0.3, -0.25) is 4.79 Å². The van der Waals surface area contributed by atoms with Crippen LogP contribution in [-0.2, 0) is 9.59 Å². The molecule has 0 radical (unpaired) electrons. The number of halogens is 3. The Morgan fingerprint density at radius 3 is 2.44 bits per heavy atom. The second kappa shape index (κ2) is 5.88. The van der Waals surface area contributed by atoms with Gasteiger partial charge in [-0.05, 0) is 19.3 Å². The number of hydrogen-bond acceptors (Lipinski definition) is 2. The first kappa shape index (κ1) is 14.5. The average Bonchev–Trinajstić information content (AvgIpc) is 2.25. The van der Waals surface area contributed by atoms with Crippen LogP contribution < -0.4 is 5.32 Å². The van der Waals surface area contributed by atoms with Gasteiger partial charge < -0.3 is 10.4 Å². The van der Waals surface area contributed by atoms with Crippen LogP contribution in [0.15, 0.2) is 12.2 Å². The van der Waals surface area contributed by atoms with Gasteiger partial charge in [0.2, 0.25) is 5.91 Å². The fourth-order valence-electron chi connectivity index (χ4n) is 2.01. The zero-order chi connectivity index (χ0) is 13.8. The van der Waals surface area contributed by atoms with Crippen molar-refractivity contribution >= 4 is 11.9 Å². The lowest BCUT2D eigenvalue weighted by molar-refractivity contribution is -0.184. The van der Waals surface area contributed by atoms with Crippen LogP contribution in [0.2, 0.25) is 0 Å². The second-order valence-electron chi connectivity index (χ2n) is 4.28. The highest BCUT2D eigenvalue weighted by Gasteiger charge is 2.42. The number of alkyl halides is 3. The highest BCUT2D eigenvalue weighted by Crippen LogP contribution is 2.37. The number of carbonyl (C=O) groups is 2. The molecule has 4 nitrogen and oxygen atoms in total. The highest BCUT2D eigenvalue weighted by molar-refractivity contribution is 5.93. The summed E-state index contributed by atoms with van der Waals surface area (Å²) in [5.41, 5.74) is 0. The van der Waals surface area contributed by atoms with Gasteiger partial charge in [-0.2, -0.15) is 13.2 Å². The number of carboxylic acid groups (broad SMARTS) is 1. The third-order valence-corrected chi connectivity index (χ3v) is 2.86. The summed E-state index contributed by atoms with van der Waals surface area (Å²) in [5.74, 6) is -3.34. The predicted octanol–water partition coefficient (Wildman–Crippen LogP) is 1.86. The topological polar surface area (TPSA) is 66.4 Å². The van der Waals surface area contributed by atoms with Gasteiger partial charge in [-0.15, -0.1) is 0 Å². The molecule has 1 aliphatic carbocycles. The average molecular weight is 265 g/mol. The molecular formula is C11H14F3NO3. The number of aliphatic carboxylic acids is 1. The van der Waals surface area contributed by atoms with E-state index in [0.29, 0.717) is 18.9 Å². The van der Waals surface area contributed by atoms with E-state index in [4.69, 9.17) is 5.11 Å². The summed E-state index contributed by atoms with van der Waals surface area (Å²) in [5, 5.41) is 10.7. The van der Waals surface area contributed by atoms with E-state index < -0.39 is 30.0 Å². The van der Waals surface area contributed by atoms with E-state index in [0.717, 1.165) is 6.08 Å². The normalized spacial score (nSPS) is 25.1. The van der Waals surface area contributed by atoms with E-state index in [-0.39, 0.29) is 12.8 Å². The first-order valence-corrected chi connectivity index (χ1v) is 5.57. The van der Waals surface area contributed by atoms with Crippen LogP contribution >= 0.6 is 0 Å². The van der Waals surface area contributed by atoms with Gasteiger partial charge in [0, 0.05) is 18.2 Å². The number of nitrogens with one attached hydrogen (secondary N) is 1. The second-order valence-corrected chi connectivity index (χ2v) is 4.28. The molecule has 0 spiro atoms. The number of carboxylic acids is 1. The molecule has 0 aromatic carbocycles. The largest absolute Gasteiger partial charge is 0.478 e. The van der Waals surface area contributed by atoms with E-state index in [2.05, 4.69) is 5.32 Å². The zero-order valence-electron chi connectivity index (χ0n) is 9.54. The maximum atomic E-state index is 12.5. The number of amides is 1. The van der Waals surface area contributed by atoms with E-state index in [1.165, 1.54) is 0 Å². The van der Waals surface area contributed by atoms with Crippen molar-refractivity contribution in [2.24, 2.45) is 5.92 Å². The molecule has 0 saturated heterocycles. The minimum atomic E-state index is -4.24. The Morgan fingerprint density at radius 2 is 1.89 bits per heavy atom. The van der Waals surface area contributed by atoms with Gasteiger partial charge in [0.05, 0.1) is 5.92 Å². The van der Waals surface area contributed by atoms with Gasteiger partial charge in [-0.1, -0.05) is 6.42 Å².